The second-order valence-electron chi connectivity index (χ2n) is 4.86. The number of carbonyl (C=O) groups is 2. The molecule has 0 heterocycles. The lowest BCUT2D eigenvalue weighted by Gasteiger charge is -2.03. The maximum absolute atomic E-state index is 12.1. The van der Waals surface area contributed by atoms with E-state index in [1.54, 1.807) is 17.8 Å². The van der Waals surface area contributed by atoms with Crippen LogP contribution < -0.4 is 0 Å². The number of fused-ring (bicyclic) bond motifs is 1. The van der Waals surface area contributed by atoms with Crippen molar-refractivity contribution in [3.63, 3.8) is 0 Å². The minimum atomic E-state index is -0.531. The molecule has 1 aliphatic carbocycles. The zero-order chi connectivity index (χ0) is 15.5. The molecule has 2 aromatic carbocycles. The molecule has 0 saturated heterocycles. The van der Waals surface area contributed by atoms with Crippen molar-refractivity contribution < 1.29 is 14.4 Å². The van der Waals surface area contributed by atoms with Crippen LogP contribution >= 0.6 is 11.8 Å². The fourth-order valence-electron chi connectivity index (χ4n) is 2.24. The molecular formula is C17H13NO3S. The number of ketones is 1. The Kier molecular flexibility index (Phi) is 4.06. The zero-order valence-electron chi connectivity index (χ0n) is 11.9. The summed E-state index contributed by atoms with van der Waals surface area (Å²) in [4.78, 5) is 29.7. The van der Waals surface area contributed by atoms with Crippen LogP contribution in [0, 0.1) is 0 Å². The number of carbonyl (C=O) groups excluding carboxylic acids is 2. The number of hydrogen-bond acceptors (Lipinski definition) is 5. The molecule has 0 N–H and O–H groups in total. The Hall–Kier alpha value is -2.40. The molecule has 1 aliphatic rings. The molecule has 5 heteroatoms. The predicted octanol–water partition coefficient (Wildman–Crippen LogP) is 3.50. The first-order chi connectivity index (χ1) is 10.6. The molecule has 0 aromatic heterocycles. The van der Waals surface area contributed by atoms with E-state index < -0.39 is 5.97 Å². The van der Waals surface area contributed by atoms with Crippen molar-refractivity contribution in [2.75, 3.05) is 0 Å². The number of benzene rings is 2. The predicted molar refractivity (Wildman–Crippen MR) is 84.2 cm³/mol. The summed E-state index contributed by atoms with van der Waals surface area (Å²) in [5.74, 6) is -0.705. The van der Waals surface area contributed by atoms with Crippen LogP contribution in [0.25, 0.3) is 0 Å². The van der Waals surface area contributed by atoms with Gasteiger partial charge in [-0.1, -0.05) is 35.1 Å². The molecular weight excluding hydrogens is 298 g/mol. The fourth-order valence-corrected chi connectivity index (χ4v) is 3.14. The Balaban J connectivity index is 1.82. The van der Waals surface area contributed by atoms with Gasteiger partial charge in [0.15, 0.2) is 0 Å². The molecule has 0 bridgehead atoms. The molecule has 0 fully saturated rings. The first kappa shape index (κ1) is 14.5. The van der Waals surface area contributed by atoms with E-state index in [1.807, 2.05) is 42.5 Å². The van der Waals surface area contributed by atoms with Gasteiger partial charge in [0, 0.05) is 28.7 Å². The van der Waals surface area contributed by atoms with Crippen molar-refractivity contribution in [1.29, 1.82) is 0 Å². The second kappa shape index (κ2) is 6.15. The van der Waals surface area contributed by atoms with E-state index in [1.165, 1.54) is 6.92 Å². The highest BCUT2D eigenvalue weighted by molar-refractivity contribution is 7.99. The standard InChI is InChI=1S/C17H13NO3S/c1-11(19)21-18-16-10-12-9-14(7-8-15(12)17(16)20)22-13-5-3-2-4-6-13/h2-9H,10H2,1H3. The number of rotatable bonds is 3. The minimum Gasteiger partial charge on any atom is -0.318 e. The van der Waals surface area contributed by atoms with E-state index >= 15 is 0 Å². The van der Waals surface area contributed by atoms with Crippen LogP contribution in [0.2, 0.25) is 0 Å². The van der Waals surface area contributed by atoms with Gasteiger partial charge in [-0.25, -0.2) is 4.79 Å². The fraction of sp³-hybridized carbons (Fsp3) is 0.118. The number of Topliss-reactive ketones (excluding diaryl/α,β-unsaturated/α-hetero) is 1. The summed E-state index contributed by atoms with van der Waals surface area (Å²) in [6, 6.07) is 15.7. The summed E-state index contributed by atoms with van der Waals surface area (Å²) >= 11 is 1.64. The maximum atomic E-state index is 12.1. The van der Waals surface area contributed by atoms with E-state index in [0.717, 1.165) is 15.4 Å². The van der Waals surface area contributed by atoms with Crippen LogP contribution in [0.4, 0.5) is 0 Å². The summed E-state index contributed by atoms with van der Waals surface area (Å²) in [6.45, 7) is 1.26. The van der Waals surface area contributed by atoms with Gasteiger partial charge in [-0.05, 0) is 35.9 Å². The van der Waals surface area contributed by atoms with E-state index in [9.17, 15) is 9.59 Å². The third kappa shape index (κ3) is 3.09. The first-order valence-corrected chi connectivity index (χ1v) is 7.60. The molecule has 0 amide bonds. The third-order valence-corrected chi connectivity index (χ3v) is 4.20. The SMILES string of the molecule is CC(=O)ON=C1Cc2cc(Sc3ccccc3)ccc2C1=O. The van der Waals surface area contributed by atoms with Gasteiger partial charge in [-0.15, -0.1) is 0 Å². The molecule has 0 aliphatic heterocycles. The van der Waals surface area contributed by atoms with Gasteiger partial charge in [0.2, 0.25) is 5.78 Å². The molecule has 4 nitrogen and oxygen atoms in total. The summed E-state index contributed by atoms with van der Waals surface area (Å²) in [7, 11) is 0. The summed E-state index contributed by atoms with van der Waals surface area (Å²) in [6.07, 6.45) is 0.393. The van der Waals surface area contributed by atoms with Gasteiger partial charge in [0.1, 0.15) is 5.71 Å². The Morgan fingerprint density at radius 3 is 2.64 bits per heavy atom. The highest BCUT2D eigenvalue weighted by Crippen LogP contribution is 2.31. The molecule has 0 atom stereocenters. The van der Waals surface area contributed by atoms with Gasteiger partial charge in [-0.2, -0.15) is 0 Å². The summed E-state index contributed by atoms with van der Waals surface area (Å²) in [5.41, 5.74) is 1.81. The molecule has 2 aromatic rings. The van der Waals surface area contributed by atoms with Crippen molar-refractivity contribution in [1.82, 2.24) is 0 Å². The second-order valence-corrected chi connectivity index (χ2v) is 6.01. The van der Waals surface area contributed by atoms with E-state index in [-0.39, 0.29) is 11.5 Å². The van der Waals surface area contributed by atoms with Crippen LogP contribution in [0.5, 0.6) is 0 Å². The maximum Gasteiger partial charge on any atom is 0.331 e. The monoisotopic (exact) mass is 311 g/mol. The van der Waals surface area contributed by atoms with Gasteiger partial charge >= 0.3 is 5.97 Å². The Morgan fingerprint density at radius 2 is 1.91 bits per heavy atom. The lowest BCUT2D eigenvalue weighted by molar-refractivity contribution is -0.140. The molecule has 0 radical (unpaired) electrons. The van der Waals surface area contributed by atoms with Crippen LogP contribution in [0.1, 0.15) is 22.8 Å². The van der Waals surface area contributed by atoms with Crippen LogP contribution in [-0.2, 0) is 16.1 Å². The molecule has 3 rings (SSSR count). The largest absolute Gasteiger partial charge is 0.331 e. The first-order valence-electron chi connectivity index (χ1n) is 6.78. The lowest BCUT2D eigenvalue weighted by atomic mass is 10.1. The van der Waals surface area contributed by atoms with E-state index in [4.69, 9.17) is 0 Å². The summed E-state index contributed by atoms with van der Waals surface area (Å²) < 4.78 is 0. The topological polar surface area (TPSA) is 55.7 Å². The highest BCUT2D eigenvalue weighted by Gasteiger charge is 2.27. The third-order valence-electron chi connectivity index (χ3n) is 3.20. The van der Waals surface area contributed by atoms with Gasteiger partial charge < -0.3 is 4.84 Å². The van der Waals surface area contributed by atoms with Crippen LogP contribution in [0.3, 0.4) is 0 Å². The van der Waals surface area contributed by atoms with Crippen molar-refractivity contribution >= 4 is 29.2 Å². The van der Waals surface area contributed by atoms with Gasteiger partial charge in [0.25, 0.3) is 0 Å². The number of hydrogen-bond donors (Lipinski definition) is 0. The number of oxime groups is 1. The van der Waals surface area contributed by atoms with Crippen molar-refractivity contribution in [2.24, 2.45) is 5.16 Å². The molecule has 0 unspecified atom stereocenters. The van der Waals surface area contributed by atoms with Crippen LogP contribution in [0.15, 0.2) is 63.5 Å². The van der Waals surface area contributed by atoms with Crippen LogP contribution in [-0.4, -0.2) is 17.5 Å². The van der Waals surface area contributed by atoms with Crippen molar-refractivity contribution in [3.8, 4) is 0 Å². The van der Waals surface area contributed by atoms with E-state index in [0.29, 0.717) is 12.0 Å². The Morgan fingerprint density at radius 1 is 1.14 bits per heavy atom. The minimum absolute atomic E-state index is 0.174. The van der Waals surface area contributed by atoms with E-state index in [2.05, 4.69) is 9.99 Å². The molecule has 0 spiro atoms. The average Bonchev–Trinajstić information content (AvgIpc) is 2.82. The van der Waals surface area contributed by atoms with Gasteiger partial charge in [-0.3, -0.25) is 4.79 Å². The van der Waals surface area contributed by atoms with Crippen molar-refractivity contribution in [2.45, 2.75) is 23.1 Å². The highest BCUT2D eigenvalue weighted by atomic mass is 32.2. The van der Waals surface area contributed by atoms with Crippen molar-refractivity contribution in [3.05, 3.63) is 59.7 Å². The molecule has 22 heavy (non-hydrogen) atoms. The smallest absolute Gasteiger partial charge is 0.318 e. The number of nitrogens with zero attached hydrogens (tertiary/aromatic N) is 1. The Bertz CT molecular complexity index is 769. The molecule has 0 saturated carbocycles. The lowest BCUT2D eigenvalue weighted by Crippen LogP contribution is -2.09. The average molecular weight is 311 g/mol. The normalized spacial score (nSPS) is 15.0. The Labute approximate surface area is 132 Å². The van der Waals surface area contributed by atoms with Gasteiger partial charge in [0.05, 0.1) is 0 Å². The summed E-state index contributed by atoms with van der Waals surface area (Å²) in [5, 5.41) is 3.64. The quantitative estimate of drug-likeness (QED) is 0.643. The zero-order valence-corrected chi connectivity index (χ0v) is 12.7. The molecule has 110 valence electrons.